The number of fused-ring (bicyclic) bond motifs is 4. The normalized spacial score (nSPS) is 29.8. The van der Waals surface area contributed by atoms with E-state index in [0.29, 0.717) is 34.9 Å². The van der Waals surface area contributed by atoms with E-state index in [1.165, 1.54) is 6.20 Å². The summed E-state index contributed by atoms with van der Waals surface area (Å²) < 4.78 is 11.8. The summed E-state index contributed by atoms with van der Waals surface area (Å²) in [5.74, 6) is -1.58. The van der Waals surface area contributed by atoms with Crippen LogP contribution in [0.1, 0.15) is 52.9 Å². The molecule has 2 amide bonds. The van der Waals surface area contributed by atoms with E-state index in [9.17, 15) is 19.8 Å². The maximum absolute atomic E-state index is 13.0. The number of carbonyl (C=O) groups excluding carboxylic acids is 2. The highest BCUT2D eigenvalue weighted by Gasteiger charge is 2.58. The number of nitrogens with one attached hydrogen (secondary N) is 2. The summed E-state index contributed by atoms with van der Waals surface area (Å²) in [6, 6.07) is 10.9. The van der Waals surface area contributed by atoms with Crippen molar-refractivity contribution in [3.8, 4) is 0 Å². The molecule has 0 spiro atoms. The molecule has 4 bridgehead atoms. The van der Waals surface area contributed by atoms with Gasteiger partial charge in [-0.15, -0.1) is 0 Å². The predicted octanol–water partition coefficient (Wildman–Crippen LogP) is 5.58. The molecule has 4 N–H and O–H groups in total. The van der Waals surface area contributed by atoms with Crippen molar-refractivity contribution in [1.82, 2.24) is 19.9 Å². The third kappa shape index (κ3) is 7.25. The molecular weight excluding hydrogens is 731 g/mol. The van der Waals surface area contributed by atoms with Gasteiger partial charge in [0.25, 0.3) is 0 Å². The van der Waals surface area contributed by atoms with Crippen molar-refractivity contribution in [3.63, 3.8) is 0 Å². The van der Waals surface area contributed by atoms with Gasteiger partial charge in [0.15, 0.2) is 0 Å². The summed E-state index contributed by atoms with van der Waals surface area (Å²) >= 11 is 17.9. The molecule has 0 saturated carbocycles. The van der Waals surface area contributed by atoms with Crippen LogP contribution < -0.4 is 10.6 Å². The molecule has 1 unspecified atom stereocenters. The Bertz CT molecular complexity index is 1860. The minimum absolute atomic E-state index is 0.148. The maximum atomic E-state index is 13.0. The Balaban J connectivity index is 0.000000162. The molecule has 52 heavy (non-hydrogen) atoms. The van der Waals surface area contributed by atoms with Gasteiger partial charge < -0.3 is 30.3 Å². The molecule has 4 aromatic heterocycles. The predicted molar refractivity (Wildman–Crippen MR) is 194 cm³/mol. The van der Waals surface area contributed by atoms with Crippen molar-refractivity contribution in [1.29, 1.82) is 0 Å². The topological polar surface area (TPSA) is 169 Å². The van der Waals surface area contributed by atoms with Crippen LogP contribution in [0.4, 0.5) is 11.4 Å². The smallest absolute Gasteiger partial charge is 0.230 e. The lowest BCUT2D eigenvalue weighted by atomic mass is 9.74. The Kier molecular flexibility index (Phi) is 10.5. The van der Waals surface area contributed by atoms with E-state index in [0.717, 1.165) is 22.5 Å². The van der Waals surface area contributed by atoms with E-state index in [-0.39, 0.29) is 58.1 Å². The number of rotatable bonds is 6. The number of hydrogen-bond donors (Lipinski definition) is 4. The molecule has 4 aromatic rings. The molecule has 4 fully saturated rings. The fraction of sp³-hybridized carbons (Fsp3) is 0.405. The van der Waals surface area contributed by atoms with Gasteiger partial charge in [-0.25, -0.2) is 4.98 Å². The van der Waals surface area contributed by atoms with Crippen molar-refractivity contribution in [3.05, 3.63) is 105 Å². The highest BCUT2D eigenvalue weighted by Crippen LogP contribution is 2.50. The molecule has 0 aromatic carbocycles. The Morgan fingerprint density at radius 3 is 1.60 bits per heavy atom. The summed E-state index contributed by atoms with van der Waals surface area (Å²) in [6.45, 7) is 5.61. The van der Waals surface area contributed by atoms with Crippen molar-refractivity contribution >= 4 is 58.0 Å². The number of ether oxygens (including phenoxy) is 2. The highest BCUT2D eigenvalue weighted by atomic mass is 35.5. The molecule has 4 aliphatic rings. The molecule has 272 valence electrons. The van der Waals surface area contributed by atoms with Gasteiger partial charge in [0.1, 0.15) is 5.15 Å². The van der Waals surface area contributed by atoms with Crippen LogP contribution in [0.2, 0.25) is 15.2 Å². The second-order valence-corrected chi connectivity index (χ2v) is 14.9. The number of aliphatic hydroxyl groups is 2. The minimum Gasteiger partial charge on any atom is -0.390 e. The Morgan fingerprint density at radius 1 is 0.692 bits per heavy atom. The van der Waals surface area contributed by atoms with Crippen LogP contribution >= 0.6 is 34.8 Å². The van der Waals surface area contributed by atoms with Gasteiger partial charge in [0.05, 0.1) is 88.0 Å². The van der Waals surface area contributed by atoms with Crippen molar-refractivity contribution in [2.45, 2.75) is 82.1 Å². The fourth-order valence-electron chi connectivity index (χ4n) is 7.95. The number of aromatic nitrogens is 4. The number of amides is 2. The quantitative estimate of drug-likeness (QED) is 0.182. The molecule has 12 nitrogen and oxygen atoms in total. The van der Waals surface area contributed by atoms with Gasteiger partial charge >= 0.3 is 0 Å². The van der Waals surface area contributed by atoms with E-state index in [1.54, 1.807) is 37.6 Å². The van der Waals surface area contributed by atoms with Crippen molar-refractivity contribution in [2.75, 3.05) is 10.6 Å². The monoisotopic (exact) mass is 766 g/mol. The van der Waals surface area contributed by atoms with E-state index < -0.39 is 24.2 Å². The first-order chi connectivity index (χ1) is 24.9. The Labute approximate surface area is 315 Å². The average Bonchev–Trinajstić information content (AvgIpc) is 3.87. The van der Waals surface area contributed by atoms with Crippen LogP contribution in [0.25, 0.3) is 0 Å². The second kappa shape index (κ2) is 14.9. The lowest BCUT2D eigenvalue weighted by molar-refractivity contribution is -0.122. The SMILES string of the molecule is Cc1cc(C2[C@@H](C(=O)Nc3cnc(Cl)c(Cl)c3)[C@@H]3C[C@@H](O)[C@H]2O3)ccn1.Cc1cc([C@H]2[C@H]3O[C@H](C[C@@H]3O)[C@H]2C(=O)Nc2cnc(C)c(Cl)c2)ccn1. The van der Waals surface area contributed by atoms with E-state index >= 15 is 0 Å². The molecule has 4 aliphatic heterocycles. The number of aryl methyl sites for hydroxylation is 3. The van der Waals surface area contributed by atoms with Crippen molar-refractivity contribution in [2.24, 2.45) is 11.8 Å². The zero-order chi connectivity index (χ0) is 36.8. The van der Waals surface area contributed by atoms with Crippen molar-refractivity contribution < 1.29 is 29.3 Å². The lowest BCUT2D eigenvalue weighted by Gasteiger charge is -2.30. The Hall–Kier alpha value is -3.75. The van der Waals surface area contributed by atoms with Gasteiger partial charge in [0.2, 0.25) is 11.8 Å². The molecule has 8 heterocycles. The molecule has 8 rings (SSSR count). The third-order valence-electron chi connectivity index (χ3n) is 10.2. The first-order valence-corrected chi connectivity index (χ1v) is 18.1. The summed E-state index contributed by atoms with van der Waals surface area (Å²) in [4.78, 5) is 42.6. The highest BCUT2D eigenvalue weighted by molar-refractivity contribution is 6.41. The standard InChI is InChI=1S/C19H20ClN3O3.C18H17Cl2N3O3/c1-9-5-11(3-4-21-9)16-17(15-7-14(24)18(16)26-15)19(25)23-12-6-13(20)10(2)22-8-12;1-8-4-9(2-3-21-8)14-15(13-6-12(24)16(14)26-13)18(25)23-10-5-11(19)17(20)22-7-10/h3-6,8,14-18,24H,7H2,1-2H3,(H,23,25);2-5,7,12-16,24H,6H2,1H3,(H,23,25)/t14-,15+,16+,17+,18-;12-,13+,14?,15+,16-/m01/s1. The lowest BCUT2D eigenvalue weighted by Crippen LogP contribution is -2.41. The molecule has 15 heteroatoms. The first kappa shape index (κ1) is 36.6. The number of halogens is 3. The molecule has 0 aliphatic carbocycles. The number of pyridine rings is 4. The van der Waals surface area contributed by atoms with Crippen LogP contribution in [-0.2, 0) is 19.1 Å². The average molecular weight is 768 g/mol. The van der Waals surface area contributed by atoms with Crippen LogP contribution in [0.5, 0.6) is 0 Å². The molecular formula is C37H37Cl3N6O6. The van der Waals surface area contributed by atoms with Crippen LogP contribution in [0.3, 0.4) is 0 Å². The number of aliphatic hydroxyl groups excluding tert-OH is 2. The summed E-state index contributed by atoms with van der Waals surface area (Å²) in [5.41, 5.74) is 5.36. The summed E-state index contributed by atoms with van der Waals surface area (Å²) in [7, 11) is 0. The van der Waals surface area contributed by atoms with Crippen LogP contribution in [0, 0.1) is 32.6 Å². The summed E-state index contributed by atoms with van der Waals surface area (Å²) in [6.07, 6.45) is 4.86. The zero-order valence-corrected chi connectivity index (χ0v) is 30.7. The van der Waals surface area contributed by atoms with Gasteiger partial charge in [-0.05, 0) is 68.3 Å². The minimum atomic E-state index is -0.575. The largest absolute Gasteiger partial charge is 0.390 e. The molecule has 0 radical (unpaired) electrons. The van der Waals surface area contributed by atoms with E-state index in [1.807, 2.05) is 38.1 Å². The molecule has 4 saturated heterocycles. The molecule has 10 atom stereocenters. The maximum Gasteiger partial charge on any atom is 0.230 e. The number of anilines is 2. The number of carbonyl (C=O) groups is 2. The number of hydrogen-bond acceptors (Lipinski definition) is 10. The first-order valence-electron chi connectivity index (χ1n) is 16.9. The fourth-order valence-corrected chi connectivity index (χ4v) is 8.38. The van der Waals surface area contributed by atoms with Gasteiger partial charge in [0, 0.05) is 48.5 Å². The zero-order valence-electron chi connectivity index (χ0n) is 28.4. The van der Waals surface area contributed by atoms with Crippen LogP contribution in [-0.4, -0.2) is 78.6 Å². The van der Waals surface area contributed by atoms with Gasteiger partial charge in [-0.3, -0.25) is 24.5 Å². The number of nitrogens with zero attached hydrogens (tertiary/aromatic N) is 4. The third-order valence-corrected chi connectivity index (χ3v) is 11.3. The summed E-state index contributed by atoms with van der Waals surface area (Å²) in [5, 5.41) is 27.2. The van der Waals surface area contributed by atoms with Gasteiger partial charge in [-0.2, -0.15) is 0 Å². The van der Waals surface area contributed by atoms with E-state index in [2.05, 4.69) is 30.6 Å². The van der Waals surface area contributed by atoms with E-state index in [4.69, 9.17) is 44.3 Å². The van der Waals surface area contributed by atoms with Gasteiger partial charge in [-0.1, -0.05) is 34.8 Å². The second-order valence-electron chi connectivity index (χ2n) is 13.7. The Morgan fingerprint density at radius 2 is 1.15 bits per heavy atom. The van der Waals surface area contributed by atoms with Crippen LogP contribution in [0.15, 0.2) is 61.2 Å².